The van der Waals surface area contributed by atoms with Crippen molar-refractivity contribution in [2.24, 2.45) is 0 Å². The van der Waals surface area contributed by atoms with E-state index in [1.54, 1.807) is 0 Å². The van der Waals surface area contributed by atoms with Crippen LogP contribution >= 0.6 is 0 Å². The molecule has 0 aliphatic heterocycles. The van der Waals surface area contributed by atoms with E-state index in [2.05, 4.69) is 15.5 Å². The van der Waals surface area contributed by atoms with Gasteiger partial charge in [-0.1, -0.05) is 6.08 Å². The van der Waals surface area contributed by atoms with Crippen LogP contribution in [0.25, 0.3) is 0 Å². The van der Waals surface area contributed by atoms with Gasteiger partial charge in [0.2, 0.25) is 0 Å². The first-order valence-electron chi connectivity index (χ1n) is 4.00. The molecule has 8 heteroatoms. The summed E-state index contributed by atoms with van der Waals surface area (Å²) in [5, 5.41) is 16.2. The molecule has 0 fully saturated rings. The topological polar surface area (TPSA) is 113 Å². The quantitative estimate of drug-likeness (QED) is 0.298. The molecule has 0 aromatic heterocycles. The van der Waals surface area contributed by atoms with E-state index in [1.165, 1.54) is 6.08 Å². The predicted molar refractivity (Wildman–Crippen MR) is 52.7 cm³/mol. The Kier molecular flexibility index (Phi) is 13.0. The molecule has 0 aromatic rings. The average Bonchev–Trinajstić information content (AvgIpc) is 2.16. The summed E-state index contributed by atoms with van der Waals surface area (Å²) in [5.74, 6) is 0. The number of hydrogen-bond donors (Lipinski definition) is 3. The summed E-state index contributed by atoms with van der Waals surface area (Å²) < 4.78 is 35.6. The van der Waals surface area contributed by atoms with Gasteiger partial charge < -0.3 is 14.9 Å². The van der Waals surface area contributed by atoms with Crippen LogP contribution in [0.2, 0.25) is 0 Å². The van der Waals surface area contributed by atoms with Crippen molar-refractivity contribution in [1.82, 2.24) is 0 Å². The standard InChI is InChI=1S/C4H10O3.C3H6O4S/c5-1-3-7-4-2-6;1-2-3-7-8(4,5)6/h5-6H,1-4H2;2H,1,3H2,(H,4,5,6). The Hall–Kier alpha value is -0.510. The molecule has 0 aliphatic rings. The van der Waals surface area contributed by atoms with Gasteiger partial charge in [0.1, 0.15) is 0 Å². The molecule has 0 spiro atoms. The van der Waals surface area contributed by atoms with Gasteiger partial charge in [-0.25, -0.2) is 4.18 Å². The van der Waals surface area contributed by atoms with Gasteiger partial charge in [-0.05, 0) is 0 Å². The lowest BCUT2D eigenvalue weighted by atomic mass is 10.7. The first kappa shape index (κ1) is 16.9. The van der Waals surface area contributed by atoms with Crippen LogP contribution in [0.1, 0.15) is 0 Å². The molecule has 0 bridgehead atoms. The Balaban J connectivity index is 0. The molecule has 0 aromatic carbocycles. The first-order chi connectivity index (χ1) is 6.97. The zero-order chi connectivity index (χ0) is 12.2. The van der Waals surface area contributed by atoms with Crippen LogP contribution in [0.15, 0.2) is 12.7 Å². The van der Waals surface area contributed by atoms with Crippen LogP contribution in [-0.4, -0.2) is 56.2 Å². The minimum atomic E-state index is -4.26. The highest BCUT2D eigenvalue weighted by Gasteiger charge is 1.99. The third-order valence-electron chi connectivity index (χ3n) is 0.806. The minimum Gasteiger partial charge on any atom is -0.394 e. The summed E-state index contributed by atoms with van der Waals surface area (Å²) in [5.41, 5.74) is 0. The highest BCUT2D eigenvalue weighted by Crippen LogP contribution is 1.83. The number of hydrogen-bond acceptors (Lipinski definition) is 6. The zero-order valence-electron chi connectivity index (χ0n) is 8.20. The van der Waals surface area contributed by atoms with Crippen molar-refractivity contribution in [1.29, 1.82) is 0 Å². The van der Waals surface area contributed by atoms with Gasteiger partial charge in [-0.15, -0.1) is 6.58 Å². The molecule has 0 saturated heterocycles. The van der Waals surface area contributed by atoms with Crippen molar-refractivity contribution in [3.63, 3.8) is 0 Å². The molecule has 0 heterocycles. The molecule has 0 atom stereocenters. The molecule has 0 rings (SSSR count). The van der Waals surface area contributed by atoms with Crippen LogP contribution in [0, 0.1) is 0 Å². The average molecular weight is 244 g/mol. The second kappa shape index (κ2) is 11.6. The lowest BCUT2D eigenvalue weighted by Gasteiger charge is -1.94. The number of aliphatic hydroxyl groups is 2. The molecule has 7 nitrogen and oxygen atoms in total. The maximum atomic E-state index is 9.68. The van der Waals surface area contributed by atoms with Crippen LogP contribution < -0.4 is 0 Å². The van der Waals surface area contributed by atoms with Gasteiger partial charge in [-0.2, -0.15) is 8.42 Å². The van der Waals surface area contributed by atoms with Crippen LogP contribution in [-0.2, 0) is 19.3 Å². The third-order valence-corrected chi connectivity index (χ3v) is 1.24. The van der Waals surface area contributed by atoms with E-state index in [1.807, 2.05) is 0 Å². The SMILES string of the molecule is C=CCOS(=O)(=O)O.OCCOCCO. The van der Waals surface area contributed by atoms with E-state index in [0.717, 1.165) is 0 Å². The van der Waals surface area contributed by atoms with Crippen LogP contribution in [0.3, 0.4) is 0 Å². The monoisotopic (exact) mass is 244 g/mol. The number of ether oxygens (including phenoxy) is 1. The Morgan fingerprint density at radius 2 is 1.67 bits per heavy atom. The van der Waals surface area contributed by atoms with Crippen molar-refractivity contribution in [2.75, 3.05) is 33.0 Å². The number of rotatable bonds is 7. The highest BCUT2D eigenvalue weighted by molar-refractivity contribution is 7.80. The van der Waals surface area contributed by atoms with Crippen LogP contribution in [0.5, 0.6) is 0 Å². The highest BCUT2D eigenvalue weighted by atomic mass is 32.3. The summed E-state index contributed by atoms with van der Waals surface area (Å²) in [6.07, 6.45) is 1.22. The van der Waals surface area contributed by atoms with Gasteiger partial charge in [0.25, 0.3) is 0 Å². The lowest BCUT2D eigenvalue weighted by Crippen LogP contribution is -2.03. The molecular formula is C7H16O7S. The maximum absolute atomic E-state index is 9.68. The van der Waals surface area contributed by atoms with E-state index < -0.39 is 10.4 Å². The summed E-state index contributed by atoms with van der Waals surface area (Å²) in [6, 6.07) is 0. The van der Waals surface area contributed by atoms with E-state index in [4.69, 9.17) is 14.8 Å². The first-order valence-corrected chi connectivity index (χ1v) is 5.36. The largest absolute Gasteiger partial charge is 0.397 e. The smallest absolute Gasteiger partial charge is 0.394 e. The van der Waals surface area contributed by atoms with Crippen molar-refractivity contribution < 1.29 is 32.1 Å². The van der Waals surface area contributed by atoms with Crippen molar-refractivity contribution >= 4 is 10.4 Å². The molecule has 0 aliphatic carbocycles. The Labute approximate surface area is 88.9 Å². The summed E-state index contributed by atoms with van der Waals surface area (Å²) in [7, 11) is -4.26. The second-order valence-corrected chi connectivity index (χ2v) is 3.15. The van der Waals surface area contributed by atoms with E-state index in [-0.39, 0.29) is 19.8 Å². The molecule has 0 radical (unpaired) electrons. The van der Waals surface area contributed by atoms with Crippen molar-refractivity contribution in [3.05, 3.63) is 12.7 Å². The van der Waals surface area contributed by atoms with Gasteiger partial charge in [-0.3, -0.25) is 4.55 Å². The Morgan fingerprint density at radius 1 is 1.20 bits per heavy atom. The summed E-state index contributed by atoms with van der Waals surface area (Å²) in [6.45, 7) is 3.66. The van der Waals surface area contributed by atoms with E-state index in [9.17, 15) is 8.42 Å². The summed E-state index contributed by atoms with van der Waals surface area (Å²) in [4.78, 5) is 0. The molecule has 3 N–H and O–H groups in total. The van der Waals surface area contributed by atoms with E-state index in [0.29, 0.717) is 13.2 Å². The maximum Gasteiger partial charge on any atom is 0.397 e. The Morgan fingerprint density at radius 3 is 1.87 bits per heavy atom. The Bertz CT molecular complexity index is 219. The molecule has 0 amide bonds. The zero-order valence-corrected chi connectivity index (χ0v) is 9.02. The molecule has 0 saturated carbocycles. The molecular weight excluding hydrogens is 228 g/mol. The van der Waals surface area contributed by atoms with Gasteiger partial charge in [0, 0.05) is 0 Å². The van der Waals surface area contributed by atoms with Crippen molar-refractivity contribution in [3.8, 4) is 0 Å². The lowest BCUT2D eigenvalue weighted by molar-refractivity contribution is 0.0650. The third kappa shape index (κ3) is 24.7. The fraction of sp³-hybridized carbons (Fsp3) is 0.714. The molecule has 92 valence electrons. The van der Waals surface area contributed by atoms with Gasteiger partial charge in [0.15, 0.2) is 0 Å². The van der Waals surface area contributed by atoms with Crippen molar-refractivity contribution in [2.45, 2.75) is 0 Å². The fourth-order valence-electron chi connectivity index (χ4n) is 0.365. The number of aliphatic hydroxyl groups excluding tert-OH is 2. The summed E-state index contributed by atoms with van der Waals surface area (Å²) >= 11 is 0. The van der Waals surface area contributed by atoms with Gasteiger partial charge >= 0.3 is 10.4 Å². The molecule has 15 heavy (non-hydrogen) atoms. The van der Waals surface area contributed by atoms with Crippen LogP contribution in [0.4, 0.5) is 0 Å². The molecule has 0 unspecified atom stereocenters. The van der Waals surface area contributed by atoms with Gasteiger partial charge in [0.05, 0.1) is 33.0 Å². The minimum absolute atomic E-state index is 0.0278. The van der Waals surface area contributed by atoms with E-state index >= 15 is 0 Å². The fourth-order valence-corrected chi connectivity index (χ4v) is 0.633. The predicted octanol–water partition coefficient (Wildman–Crippen LogP) is -1.02. The second-order valence-electron chi connectivity index (χ2n) is 2.06. The normalized spacial score (nSPS) is 10.3.